The van der Waals surface area contributed by atoms with Gasteiger partial charge in [-0.3, -0.25) is 4.68 Å². The fourth-order valence-electron chi connectivity index (χ4n) is 1.61. The van der Waals surface area contributed by atoms with Gasteiger partial charge >= 0.3 is 0 Å². The molecule has 1 unspecified atom stereocenters. The van der Waals surface area contributed by atoms with Crippen LogP contribution in [0, 0.1) is 5.92 Å². The standard InChI is InChI=1S/C12H21F2N3O/c1-10(2)11(8-17-6-3-4-16-17)15-5-7-18-9-12(13)14/h3-4,6,10-12,15H,5,7-9H2,1-2H3. The fraction of sp³-hybridized carbons (Fsp3) is 0.750. The summed E-state index contributed by atoms with van der Waals surface area (Å²) in [6, 6.07) is 2.13. The molecular formula is C12H21F2N3O. The van der Waals surface area contributed by atoms with Gasteiger partial charge in [0.2, 0.25) is 0 Å². The lowest BCUT2D eigenvalue weighted by Crippen LogP contribution is -2.39. The first kappa shape index (κ1) is 15.0. The van der Waals surface area contributed by atoms with Gasteiger partial charge in [-0.25, -0.2) is 8.78 Å². The van der Waals surface area contributed by atoms with Crippen molar-refractivity contribution in [1.82, 2.24) is 15.1 Å². The van der Waals surface area contributed by atoms with Gasteiger partial charge in [0.1, 0.15) is 6.61 Å². The van der Waals surface area contributed by atoms with Crippen LogP contribution >= 0.6 is 0 Å². The number of nitrogens with one attached hydrogen (secondary N) is 1. The quantitative estimate of drug-likeness (QED) is 0.689. The molecule has 6 heteroatoms. The lowest BCUT2D eigenvalue weighted by molar-refractivity contribution is 0.0177. The van der Waals surface area contributed by atoms with Crippen LogP contribution in [0.3, 0.4) is 0 Å². The van der Waals surface area contributed by atoms with Crippen LogP contribution in [0.25, 0.3) is 0 Å². The Kier molecular flexibility index (Phi) is 6.82. The first-order chi connectivity index (χ1) is 8.59. The smallest absolute Gasteiger partial charge is 0.261 e. The molecule has 18 heavy (non-hydrogen) atoms. The van der Waals surface area contributed by atoms with E-state index in [4.69, 9.17) is 4.74 Å². The monoisotopic (exact) mass is 261 g/mol. The van der Waals surface area contributed by atoms with Crippen LogP contribution in [0.15, 0.2) is 18.5 Å². The van der Waals surface area contributed by atoms with Crippen molar-refractivity contribution in [3.63, 3.8) is 0 Å². The van der Waals surface area contributed by atoms with Crippen molar-refractivity contribution in [3.8, 4) is 0 Å². The van der Waals surface area contributed by atoms with E-state index >= 15 is 0 Å². The van der Waals surface area contributed by atoms with Crippen molar-refractivity contribution in [2.45, 2.75) is 32.9 Å². The highest BCUT2D eigenvalue weighted by Gasteiger charge is 2.13. The van der Waals surface area contributed by atoms with Crippen molar-refractivity contribution >= 4 is 0 Å². The maximum Gasteiger partial charge on any atom is 0.261 e. The van der Waals surface area contributed by atoms with E-state index < -0.39 is 13.0 Å². The Labute approximate surface area is 106 Å². The summed E-state index contributed by atoms with van der Waals surface area (Å²) in [6.07, 6.45) is 1.25. The zero-order valence-electron chi connectivity index (χ0n) is 10.9. The van der Waals surface area contributed by atoms with Gasteiger partial charge in [-0.15, -0.1) is 0 Å². The van der Waals surface area contributed by atoms with Gasteiger partial charge in [0.15, 0.2) is 0 Å². The van der Waals surface area contributed by atoms with E-state index in [1.807, 2.05) is 16.9 Å². The number of aromatic nitrogens is 2. The van der Waals surface area contributed by atoms with E-state index in [1.54, 1.807) is 6.20 Å². The zero-order chi connectivity index (χ0) is 13.4. The van der Waals surface area contributed by atoms with Gasteiger partial charge in [-0.1, -0.05) is 13.8 Å². The van der Waals surface area contributed by atoms with E-state index in [9.17, 15) is 8.78 Å². The molecule has 0 aliphatic heterocycles. The molecule has 0 saturated carbocycles. The van der Waals surface area contributed by atoms with Crippen LogP contribution in [0.4, 0.5) is 8.78 Å². The van der Waals surface area contributed by atoms with Crippen LogP contribution in [0.5, 0.6) is 0 Å². The lowest BCUT2D eigenvalue weighted by Gasteiger charge is -2.22. The highest BCUT2D eigenvalue weighted by Crippen LogP contribution is 2.04. The fourth-order valence-corrected chi connectivity index (χ4v) is 1.61. The average molecular weight is 261 g/mol. The topological polar surface area (TPSA) is 39.1 Å². The van der Waals surface area contributed by atoms with E-state index in [0.29, 0.717) is 19.1 Å². The number of ether oxygens (including phenoxy) is 1. The molecule has 1 rings (SSSR count). The minimum atomic E-state index is -2.39. The van der Waals surface area contributed by atoms with E-state index in [-0.39, 0.29) is 6.04 Å². The third-order valence-corrected chi connectivity index (χ3v) is 2.64. The Bertz CT molecular complexity index is 304. The van der Waals surface area contributed by atoms with Crippen LogP contribution < -0.4 is 5.32 Å². The molecule has 1 atom stereocenters. The Hall–Kier alpha value is -1.01. The molecule has 0 aromatic carbocycles. The van der Waals surface area contributed by atoms with Crippen LogP contribution in [-0.2, 0) is 11.3 Å². The minimum Gasteiger partial charge on any atom is -0.374 e. The summed E-state index contributed by atoms with van der Waals surface area (Å²) >= 11 is 0. The molecule has 1 N–H and O–H groups in total. The largest absolute Gasteiger partial charge is 0.374 e. The van der Waals surface area contributed by atoms with Crippen LogP contribution in [0.2, 0.25) is 0 Å². The van der Waals surface area contributed by atoms with Gasteiger partial charge in [-0.05, 0) is 12.0 Å². The highest BCUT2D eigenvalue weighted by molar-refractivity contribution is 4.80. The Morgan fingerprint density at radius 3 is 2.72 bits per heavy atom. The first-order valence-electron chi connectivity index (χ1n) is 6.16. The van der Waals surface area contributed by atoms with Gasteiger partial charge in [0.25, 0.3) is 6.43 Å². The summed E-state index contributed by atoms with van der Waals surface area (Å²) in [6.45, 7) is 5.36. The van der Waals surface area contributed by atoms with E-state index in [0.717, 1.165) is 6.54 Å². The Morgan fingerprint density at radius 1 is 1.39 bits per heavy atom. The highest BCUT2D eigenvalue weighted by atomic mass is 19.3. The molecule has 1 aromatic rings. The van der Waals surface area contributed by atoms with Crippen molar-refractivity contribution in [2.75, 3.05) is 19.8 Å². The molecule has 0 saturated heterocycles. The summed E-state index contributed by atoms with van der Waals surface area (Å²) in [5, 5.41) is 7.45. The zero-order valence-corrected chi connectivity index (χ0v) is 10.9. The Morgan fingerprint density at radius 2 is 2.17 bits per heavy atom. The second kappa shape index (κ2) is 8.16. The molecule has 0 amide bonds. The molecule has 0 aliphatic rings. The molecule has 0 fully saturated rings. The molecule has 0 spiro atoms. The number of hydrogen-bond donors (Lipinski definition) is 1. The minimum absolute atomic E-state index is 0.250. The predicted octanol–water partition coefficient (Wildman–Crippen LogP) is 1.78. The predicted molar refractivity (Wildman–Crippen MR) is 65.7 cm³/mol. The van der Waals surface area contributed by atoms with Gasteiger partial charge in [-0.2, -0.15) is 5.10 Å². The second-order valence-electron chi connectivity index (χ2n) is 4.50. The number of alkyl halides is 2. The Balaban J connectivity index is 2.22. The third kappa shape index (κ3) is 6.07. The number of halogens is 2. The number of rotatable bonds is 9. The van der Waals surface area contributed by atoms with Crippen molar-refractivity contribution < 1.29 is 13.5 Å². The maximum atomic E-state index is 11.8. The maximum absolute atomic E-state index is 11.8. The van der Waals surface area contributed by atoms with Gasteiger partial charge in [0.05, 0.1) is 13.2 Å². The van der Waals surface area contributed by atoms with Gasteiger partial charge < -0.3 is 10.1 Å². The average Bonchev–Trinajstić information content (AvgIpc) is 2.79. The summed E-state index contributed by atoms with van der Waals surface area (Å²) in [7, 11) is 0. The first-order valence-corrected chi connectivity index (χ1v) is 6.16. The number of nitrogens with zero attached hydrogens (tertiary/aromatic N) is 2. The molecule has 0 bridgehead atoms. The summed E-state index contributed by atoms with van der Waals surface area (Å²) in [5.74, 6) is 0.435. The normalized spacial score (nSPS) is 13.4. The van der Waals surface area contributed by atoms with Crippen molar-refractivity contribution in [2.24, 2.45) is 5.92 Å². The lowest BCUT2D eigenvalue weighted by atomic mass is 10.0. The molecule has 1 heterocycles. The third-order valence-electron chi connectivity index (χ3n) is 2.64. The molecule has 1 aromatic heterocycles. The van der Waals surface area contributed by atoms with Gasteiger partial charge in [0, 0.05) is 25.0 Å². The van der Waals surface area contributed by atoms with Crippen LogP contribution in [-0.4, -0.2) is 42.0 Å². The SMILES string of the molecule is CC(C)C(Cn1cccn1)NCCOCC(F)F. The second-order valence-corrected chi connectivity index (χ2v) is 4.50. The number of hydrogen-bond acceptors (Lipinski definition) is 3. The van der Waals surface area contributed by atoms with Crippen molar-refractivity contribution in [3.05, 3.63) is 18.5 Å². The van der Waals surface area contributed by atoms with E-state index in [1.165, 1.54) is 0 Å². The summed E-state index contributed by atoms with van der Waals surface area (Å²) < 4.78 is 30.4. The van der Waals surface area contributed by atoms with Crippen LogP contribution in [0.1, 0.15) is 13.8 Å². The molecular weight excluding hydrogens is 240 g/mol. The molecule has 0 aliphatic carbocycles. The van der Waals surface area contributed by atoms with Crippen molar-refractivity contribution in [1.29, 1.82) is 0 Å². The summed E-state index contributed by atoms with van der Waals surface area (Å²) in [5.41, 5.74) is 0. The molecule has 0 radical (unpaired) electrons. The summed E-state index contributed by atoms with van der Waals surface area (Å²) in [4.78, 5) is 0. The molecule has 4 nitrogen and oxygen atoms in total. The molecule has 104 valence electrons. The van der Waals surface area contributed by atoms with E-state index in [2.05, 4.69) is 24.3 Å².